The predicted octanol–water partition coefficient (Wildman–Crippen LogP) is 5.01. The second-order valence-electron chi connectivity index (χ2n) is 9.36. The average molecular weight is 394 g/mol. The maximum Gasteiger partial charge on any atom is 0.407 e. The van der Waals surface area contributed by atoms with Crippen LogP contribution in [0.25, 0.3) is 17.0 Å². The van der Waals surface area contributed by atoms with Crippen LogP contribution in [0.3, 0.4) is 0 Å². The fourth-order valence-electron chi connectivity index (χ4n) is 4.44. The van der Waals surface area contributed by atoms with Crippen molar-refractivity contribution in [2.24, 2.45) is 11.8 Å². The fourth-order valence-corrected chi connectivity index (χ4v) is 4.44. The van der Waals surface area contributed by atoms with E-state index in [2.05, 4.69) is 40.0 Å². The summed E-state index contributed by atoms with van der Waals surface area (Å²) in [5, 5.41) is 4.26. The number of alkyl carbamates (subject to hydrolysis) is 1. The fraction of sp³-hybridized carbons (Fsp3) is 0.500. The van der Waals surface area contributed by atoms with Gasteiger partial charge in [0.15, 0.2) is 0 Å². The highest BCUT2D eigenvalue weighted by Gasteiger charge is 2.38. The predicted molar refractivity (Wildman–Crippen MR) is 118 cm³/mol. The number of aromatic nitrogens is 1. The van der Waals surface area contributed by atoms with Crippen molar-refractivity contribution in [1.82, 2.24) is 10.3 Å². The molecule has 2 heterocycles. The summed E-state index contributed by atoms with van der Waals surface area (Å²) in [4.78, 5) is 19.4. The quantitative estimate of drug-likeness (QED) is 0.793. The summed E-state index contributed by atoms with van der Waals surface area (Å²) in [7, 11) is 0. The number of hydrogen-bond donors (Lipinski definition) is 1. The normalized spacial score (nSPS) is 22.4. The maximum atomic E-state index is 12.4. The molecule has 2 unspecified atom stereocenters. The van der Waals surface area contributed by atoms with Crippen LogP contribution in [0.2, 0.25) is 0 Å². The minimum atomic E-state index is -0.489. The van der Waals surface area contributed by atoms with E-state index < -0.39 is 5.60 Å². The molecule has 1 amide bonds. The molecular weight excluding hydrogens is 362 g/mol. The van der Waals surface area contributed by atoms with Gasteiger partial charge in [-0.1, -0.05) is 18.7 Å². The minimum absolute atomic E-state index is 0.0787. The first kappa shape index (κ1) is 19.7. The van der Waals surface area contributed by atoms with Gasteiger partial charge < -0.3 is 15.0 Å². The third-order valence-corrected chi connectivity index (χ3v) is 5.83. The highest BCUT2D eigenvalue weighted by atomic mass is 16.6. The number of fused-ring (bicyclic) bond motifs is 1. The number of benzene rings is 1. The molecule has 1 N–H and O–H groups in total. The number of carbonyl (C=O) groups excluding carboxylic acids is 1. The molecule has 2 atom stereocenters. The number of pyridine rings is 1. The number of nitrogens with zero attached hydrogens (tertiary/aromatic N) is 2. The number of nitrogens with one attached hydrogen (secondary N) is 1. The van der Waals surface area contributed by atoms with E-state index >= 15 is 0 Å². The van der Waals surface area contributed by atoms with E-state index in [-0.39, 0.29) is 12.1 Å². The van der Waals surface area contributed by atoms with E-state index in [1.807, 2.05) is 39.1 Å². The standard InChI is InChI=1S/C24H31N3O2/c1-5-16-10-11-21(20-7-6-12-25-22(16)20)27-14-18(17-8-9-17)13-19(15-27)26-23(28)29-24(2,3)4/h5-7,10-12,17-19H,1,8-9,13-15H2,2-4H3,(H,26,28). The van der Waals surface area contributed by atoms with Gasteiger partial charge in [0.05, 0.1) is 11.6 Å². The van der Waals surface area contributed by atoms with Crippen molar-refractivity contribution in [2.45, 2.75) is 51.7 Å². The number of hydrogen-bond acceptors (Lipinski definition) is 4. The summed E-state index contributed by atoms with van der Waals surface area (Å²) >= 11 is 0. The Morgan fingerprint density at radius 3 is 2.72 bits per heavy atom. The molecule has 1 aliphatic heterocycles. The molecule has 2 aromatic rings. The molecule has 0 spiro atoms. The van der Waals surface area contributed by atoms with Crippen molar-refractivity contribution in [3.05, 3.63) is 42.6 Å². The van der Waals surface area contributed by atoms with Crippen LogP contribution in [0.15, 0.2) is 37.0 Å². The van der Waals surface area contributed by atoms with Gasteiger partial charge in [-0.3, -0.25) is 4.98 Å². The van der Waals surface area contributed by atoms with Crippen molar-refractivity contribution in [3.8, 4) is 0 Å². The number of carbonyl (C=O) groups is 1. The topological polar surface area (TPSA) is 54.5 Å². The summed E-state index contributed by atoms with van der Waals surface area (Å²) in [5.41, 5.74) is 2.71. The molecule has 1 aliphatic carbocycles. The Balaban J connectivity index is 1.60. The summed E-state index contributed by atoms with van der Waals surface area (Å²) < 4.78 is 5.50. The SMILES string of the molecule is C=Cc1ccc(N2CC(NC(=O)OC(C)(C)C)CC(C3CC3)C2)c2cccnc12. The van der Waals surface area contributed by atoms with Gasteiger partial charge in [0, 0.05) is 35.9 Å². The van der Waals surface area contributed by atoms with Crippen LogP contribution in [-0.4, -0.2) is 35.8 Å². The van der Waals surface area contributed by atoms with E-state index in [0.717, 1.165) is 41.9 Å². The summed E-state index contributed by atoms with van der Waals surface area (Å²) in [5.74, 6) is 1.37. The second-order valence-corrected chi connectivity index (χ2v) is 9.36. The molecule has 0 radical (unpaired) electrons. The number of anilines is 1. The number of amides is 1. The first-order valence-electron chi connectivity index (χ1n) is 10.6. The van der Waals surface area contributed by atoms with Crippen molar-refractivity contribution in [3.63, 3.8) is 0 Å². The molecule has 0 bridgehead atoms. The zero-order valence-corrected chi connectivity index (χ0v) is 17.6. The Kier molecular flexibility index (Phi) is 5.24. The molecule has 5 nitrogen and oxygen atoms in total. The van der Waals surface area contributed by atoms with Crippen LogP contribution >= 0.6 is 0 Å². The highest BCUT2D eigenvalue weighted by Crippen LogP contribution is 2.42. The molecule has 1 aromatic heterocycles. The van der Waals surface area contributed by atoms with Gasteiger partial charge in [0.2, 0.25) is 0 Å². The molecule has 1 saturated heterocycles. The maximum absolute atomic E-state index is 12.4. The Hall–Kier alpha value is -2.56. The lowest BCUT2D eigenvalue weighted by Crippen LogP contribution is -2.52. The Morgan fingerprint density at radius 2 is 2.03 bits per heavy atom. The lowest BCUT2D eigenvalue weighted by molar-refractivity contribution is 0.0492. The molecule has 5 heteroatoms. The van der Waals surface area contributed by atoms with Crippen molar-refractivity contribution in [2.75, 3.05) is 18.0 Å². The molecule has 4 rings (SSSR count). The Labute approximate surface area is 173 Å². The summed E-state index contributed by atoms with van der Waals surface area (Å²) in [6.45, 7) is 11.4. The third-order valence-electron chi connectivity index (χ3n) is 5.83. The Bertz CT molecular complexity index is 914. The lowest BCUT2D eigenvalue weighted by Gasteiger charge is -2.40. The zero-order valence-electron chi connectivity index (χ0n) is 17.6. The van der Waals surface area contributed by atoms with Gasteiger partial charge in [0.1, 0.15) is 5.60 Å². The first-order valence-corrected chi connectivity index (χ1v) is 10.6. The molecule has 1 saturated carbocycles. The summed E-state index contributed by atoms with van der Waals surface area (Å²) in [6.07, 6.45) is 6.98. The van der Waals surface area contributed by atoms with E-state index in [1.54, 1.807) is 0 Å². The average Bonchev–Trinajstić information content (AvgIpc) is 3.50. The number of piperidine rings is 1. The minimum Gasteiger partial charge on any atom is -0.444 e. The van der Waals surface area contributed by atoms with Crippen LogP contribution in [0, 0.1) is 11.8 Å². The first-order chi connectivity index (χ1) is 13.8. The van der Waals surface area contributed by atoms with E-state index in [9.17, 15) is 4.79 Å². The third kappa shape index (κ3) is 4.55. The van der Waals surface area contributed by atoms with E-state index in [4.69, 9.17) is 4.74 Å². The molecular formula is C24H31N3O2. The zero-order chi connectivity index (χ0) is 20.6. The Morgan fingerprint density at radius 1 is 1.24 bits per heavy atom. The van der Waals surface area contributed by atoms with Gasteiger partial charge in [-0.15, -0.1) is 0 Å². The second kappa shape index (κ2) is 7.69. The largest absolute Gasteiger partial charge is 0.444 e. The summed E-state index contributed by atoms with van der Waals surface area (Å²) in [6, 6.07) is 8.45. The van der Waals surface area contributed by atoms with Crippen molar-refractivity contribution < 1.29 is 9.53 Å². The molecule has 154 valence electrons. The number of ether oxygens (including phenoxy) is 1. The van der Waals surface area contributed by atoms with Gasteiger partial charge in [-0.2, -0.15) is 0 Å². The van der Waals surface area contributed by atoms with Crippen LogP contribution in [-0.2, 0) is 4.74 Å². The van der Waals surface area contributed by atoms with Gasteiger partial charge in [-0.25, -0.2) is 4.79 Å². The van der Waals surface area contributed by atoms with E-state index in [1.165, 1.54) is 18.5 Å². The van der Waals surface area contributed by atoms with Crippen LogP contribution < -0.4 is 10.2 Å². The molecule has 2 aliphatic rings. The smallest absolute Gasteiger partial charge is 0.407 e. The van der Waals surface area contributed by atoms with Crippen molar-refractivity contribution in [1.29, 1.82) is 0 Å². The van der Waals surface area contributed by atoms with Gasteiger partial charge >= 0.3 is 6.09 Å². The highest BCUT2D eigenvalue weighted by molar-refractivity contribution is 5.96. The van der Waals surface area contributed by atoms with Crippen LogP contribution in [0.5, 0.6) is 0 Å². The molecule has 1 aromatic carbocycles. The van der Waals surface area contributed by atoms with Crippen molar-refractivity contribution >= 4 is 28.8 Å². The number of rotatable bonds is 4. The monoisotopic (exact) mass is 393 g/mol. The molecule has 29 heavy (non-hydrogen) atoms. The van der Waals surface area contributed by atoms with Crippen LogP contribution in [0.1, 0.15) is 45.6 Å². The lowest BCUT2D eigenvalue weighted by atomic mass is 9.89. The van der Waals surface area contributed by atoms with E-state index in [0.29, 0.717) is 5.92 Å². The van der Waals surface area contributed by atoms with Gasteiger partial charge in [0.25, 0.3) is 0 Å². The molecule has 2 fully saturated rings. The van der Waals surface area contributed by atoms with Crippen LogP contribution in [0.4, 0.5) is 10.5 Å². The van der Waals surface area contributed by atoms with Gasteiger partial charge in [-0.05, 0) is 70.1 Å².